The van der Waals surface area contributed by atoms with Crippen LogP contribution < -0.4 is 0 Å². The van der Waals surface area contributed by atoms with Crippen molar-refractivity contribution in [3.8, 4) is 0 Å². The van der Waals surface area contributed by atoms with E-state index < -0.39 is 10.0 Å². The third-order valence-electron chi connectivity index (χ3n) is 5.50. The summed E-state index contributed by atoms with van der Waals surface area (Å²) in [5.74, 6) is 0.137. The highest BCUT2D eigenvalue weighted by Crippen LogP contribution is 2.24. The first-order valence-corrected chi connectivity index (χ1v) is 10.9. The summed E-state index contributed by atoms with van der Waals surface area (Å²) in [7, 11) is -1.87. The van der Waals surface area contributed by atoms with Crippen molar-refractivity contribution in [1.82, 2.24) is 14.1 Å². The van der Waals surface area contributed by atoms with Crippen LogP contribution in [0, 0.1) is 13.8 Å². The fourth-order valence-corrected chi connectivity index (χ4v) is 5.60. The normalized spacial score (nSPS) is 22.6. The van der Waals surface area contributed by atoms with Gasteiger partial charge in [0.15, 0.2) is 0 Å². The van der Waals surface area contributed by atoms with Gasteiger partial charge < -0.3 is 9.64 Å². The van der Waals surface area contributed by atoms with E-state index in [-0.39, 0.29) is 11.9 Å². The maximum atomic E-state index is 13.0. The maximum absolute atomic E-state index is 13.0. The van der Waals surface area contributed by atoms with Crippen molar-refractivity contribution in [2.24, 2.45) is 0 Å². The van der Waals surface area contributed by atoms with E-state index in [1.165, 1.54) is 0 Å². The van der Waals surface area contributed by atoms with E-state index >= 15 is 0 Å². The summed E-state index contributed by atoms with van der Waals surface area (Å²) in [6.45, 7) is 7.69. The van der Waals surface area contributed by atoms with Crippen molar-refractivity contribution >= 4 is 15.9 Å². The van der Waals surface area contributed by atoms with E-state index in [1.807, 2.05) is 30.9 Å². The van der Waals surface area contributed by atoms with E-state index in [0.29, 0.717) is 44.2 Å². The number of aryl methyl sites for hydroxylation is 2. The van der Waals surface area contributed by atoms with Gasteiger partial charge in [-0.25, -0.2) is 8.42 Å². The molecule has 0 bridgehead atoms. The lowest BCUT2D eigenvalue weighted by Crippen LogP contribution is -2.53. The lowest BCUT2D eigenvalue weighted by molar-refractivity contribution is -0.133. The van der Waals surface area contributed by atoms with Gasteiger partial charge in [0.1, 0.15) is 0 Å². The van der Waals surface area contributed by atoms with E-state index in [0.717, 1.165) is 24.1 Å². The Morgan fingerprint density at radius 2 is 1.81 bits per heavy atom. The average Bonchev–Trinajstić information content (AvgIpc) is 3.00. The van der Waals surface area contributed by atoms with Gasteiger partial charge in [-0.1, -0.05) is 17.7 Å². The van der Waals surface area contributed by atoms with Gasteiger partial charge in [-0.2, -0.15) is 4.31 Å². The molecule has 1 atom stereocenters. The molecule has 1 unspecified atom stereocenters. The van der Waals surface area contributed by atoms with Crippen LogP contribution in [0.1, 0.15) is 17.5 Å². The molecule has 2 fully saturated rings. The van der Waals surface area contributed by atoms with Crippen molar-refractivity contribution in [1.29, 1.82) is 0 Å². The first-order valence-electron chi connectivity index (χ1n) is 9.44. The van der Waals surface area contributed by atoms with Crippen molar-refractivity contribution in [2.45, 2.75) is 31.2 Å². The van der Waals surface area contributed by atoms with Crippen LogP contribution >= 0.6 is 0 Å². The zero-order valence-corrected chi connectivity index (χ0v) is 17.2. The minimum atomic E-state index is -3.50. The van der Waals surface area contributed by atoms with Crippen molar-refractivity contribution in [2.75, 3.05) is 53.0 Å². The summed E-state index contributed by atoms with van der Waals surface area (Å²) in [5, 5.41) is 0. The Labute approximate surface area is 161 Å². The second kappa shape index (κ2) is 8.26. The Balaban J connectivity index is 1.63. The predicted molar refractivity (Wildman–Crippen MR) is 103 cm³/mol. The summed E-state index contributed by atoms with van der Waals surface area (Å²) in [6, 6.07) is 5.30. The van der Waals surface area contributed by atoms with Crippen molar-refractivity contribution < 1.29 is 17.9 Å². The molecule has 0 aromatic heterocycles. The third kappa shape index (κ3) is 4.18. The van der Waals surface area contributed by atoms with Gasteiger partial charge >= 0.3 is 0 Å². The van der Waals surface area contributed by atoms with Crippen LogP contribution in [0.4, 0.5) is 0 Å². The molecule has 0 aliphatic carbocycles. The highest BCUT2D eigenvalue weighted by Gasteiger charge is 2.38. The number of hydrogen-bond acceptors (Lipinski definition) is 5. The number of sulfonamides is 1. The minimum absolute atomic E-state index is 0.132. The number of rotatable bonds is 6. The van der Waals surface area contributed by atoms with Crippen LogP contribution in [0.25, 0.3) is 0 Å². The molecule has 0 N–H and O–H groups in total. The highest BCUT2D eigenvalue weighted by molar-refractivity contribution is 7.89. The van der Waals surface area contributed by atoms with Gasteiger partial charge in [0, 0.05) is 46.4 Å². The van der Waals surface area contributed by atoms with Crippen LogP contribution in [0.2, 0.25) is 0 Å². The molecule has 150 valence electrons. The molecule has 2 aliphatic rings. The summed E-state index contributed by atoms with van der Waals surface area (Å²) in [5.41, 5.74) is 1.83. The zero-order valence-electron chi connectivity index (χ0n) is 16.3. The number of ether oxygens (including phenoxy) is 1. The Kier molecular flexibility index (Phi) is 6.20. The van der Waals surface area contributed by atoms with E-state index in [1.54, 1.807) is 17.5 Å². The molecular formula is C19H29N3O4S. The summed E-state index contributed by atoms with van der Waals surface area (Å²) >= 11 is 0. The minimum Gasteiger partial charge on any atom is -0.383 e. The number of likely N-dealkylation sites (tertiary alicyclic amines) is 1. The van der Waals surface area contributed by atoms with Crippen molar-refractivity contribution in [3.63, 3.8) is 0 Å². The number of benzene rings is 1. The second-order valence-corrected chi connectivity index (χ2v) is 9.24. The SMILES string of the molecule is COCCN1CCC(N2CCN(S(=O)(=O)c3ccc(C)cc3C)CC2)C1=O. The number of piperazine rings is 1. The van der Waals surface area contributed by atoms with Crippen LogP contribution in [0.15, 0.2) is 23.1 Å². The smallest absolute Gasteiger partial charge is 0.243 e. The molecule has 2 heterocycles. The molecule has 8 heteroatoms. The van der Waals surface area contributed by atoms with Crippen LogP contribution in [0.5, 0.6) is 0 Å². The maximum Gasteiger partial charge on any atom is 0.243 e. The van der Waals surface area contributed by atoms with Gasteiger partial charge in [-0.3, -0.25) is 9.69 Å². The molecule has 2 saturated heterocycles. The molecule has 0 saturated carbocycles. The number of methoxy groups -OCH3 is 1. The molecule has 0 spiro atoms. The highest BCUT2D eigenvalue weighted by atomic mass is 32.2. The lowest BCUT2D eigenvalue weighted by Gasteiger charge is -2.36. The quantitative estimate of drug-likeness (QED) is 0.714. The van der Waals surface area contributed by atoms with E-state index in [2.05, 4.69) is 4.90 Å². The van der Waals surface area contributed by atoms with Gasteiger partial charge in [0.2, 0.25) is 15.9 Å². The molecule has 7 nitrogen and oxygen atoms in total. The standard InChI is InChI=1S/C19H29N3O4S/c1-15-4-5-18(16(2)14-15)27(24,25)22-10-8-20(9-11-22)17-6-7-21(19(17)23)12-13-26-3/h4-5,14,17H,6-13H2,1-3H3. The average molecular weight is 396 g/mol. The summed E-state index contributed by atoms with van der Waals surface area (Å²) < 4.78 is 32.6. The predicted octanol–water partition coefficient (Wildman–Crippen LogP) is 0.857. The first kappa shape index (κ1) is 20.3. The summed E-state index contributed by atoms with van der Waals surface area (Å²) in [6.07, 6.45) is 0.798. The molecule has 27 heavy (non-hydrogen) atoms. The molecule has 2 aliphatic heterocycles. The fraction of sp³-hybridized carbons (Fsp3) is 0.632. The Hall–Kier alpha value is -1.48. The Morgan fingerprint density at radius 1 is 1.11 bits per heavy atom. The lowest BCUT2D eigenvalue weighted by atomic mass is 10.2. The second-order valence-electron chi connectivity index (χ2n) is 7.33. The van der Waals surface area contributed by atoms with Crippen LogP contribution in [-0.4, -0.2) is 87.5 Å². The van der Waals surface area contributed by atoms with E-state index in [9.17, 15) is 13.2 Å². The monoisotopic (exact) mass is 395 g/mol. The number of hydrogen-bond donors (Lipinski definition) is 0. The zero-order chi connectivity index (χ0) is 19.6. The fourth-order valence-electron chi connectivity index (χ4n) is 3.97. The van der Waals surface area contributed by atoms with Gasteiger partial charge in [0.05, 0.1) is 17.5 Å². The van der Waals surface area contributed by atoms with Gasteiger partial charge in [-0.15, -0.1) is 0 Å². The van der Waals surface area contributed by atoms with Gasteiger partial charge in [-0.05, 0) is 31.9 Å². The number of nitrogens with zero attached hydrogens (tertiary/aromatic N) is 3. The molecule has 1 amide bonds. The Morgan fingerprint density at radius 3 is 2.44 bits per heavy atom. The van der Waals surface area contributed by atoms with Crippen LogP contribution in [-0.2, 0) is 19.6 Å². The Bertz CT molecular complexity index is 788. The van der Waals surface area contributed by atoms with Crippen LogP contribution in [0.3, 0.4) is 0 Å². The largest absolute Gasteiger partial charge is 0.383 e. The number of carbonyl (C=O) groups is 1. The molecular weight excluding hydrogens is 366 g/mol. The number of carbonyl (C=O) groups excluding carboxylic acids is 1. The van der Waals surface area contributed by atoms with E-state index in [4.69, 9.17) is 4.74 Å². The summed E-state index contributed by atoms with van der Waals surface area (Å²) in [4.78, 5) is 16.9. The van der Waals surface area contributed by atoms with Gasteiger partial charge in [0.25, 0.3) is 0 Å². The molecule has 0 radical (unpaired) electrons. The topological polar surface area (TPSA) is 70.2 Å². The third-order valence-corrected chi connectivity index (χ3v) is 7.56. The molecule has 1 aromatic carbocycles. The molecule has 3 rings (SSSR count). The van der Waals surface area contributed by atoms with Crippen molar-refractivity contribution in [3.05, 3.63) is 29.3 Å². The first-order chi connectivity index (χ1) is 12.8. The molecule has 1 aromatic rings. The number of amides is 1.